The van der Waals surface area contributed by atoms with Gasteiger partial charge in [0.15, 0.2) is 0 Å². The van der Waals surface area contributed by atoms with E-state index in [4.69, 9.17) is 18.5 Å². The van der Waals surface area contributed by atoms with Crippen molar-refractivity contribution in [2.24, 2.45) is 5.92 Å². The van der Waals surface area contributed by atoms with Crippen LogP contribution in [0.4, 0.5) is 0 Å². The molecule has 0 amide bonds. The number of carbonyl (C=O) groups excluding carboxylic acids is 1. The zero-order valence-corrected chi connectivity index (χ0v) is 19.8. The summed E-state index contributed by atoms with van der Waals surface area (Å²) in [5, 5.41) is 13.1. The molecular formula is C21H28N3O9P. The normalized spacial score (nSPS) is 24.0. The van der Waals surface area contributed by atoms with E-state index in [1.165, 1.54) is 6.20 Å². The second-order valence-electron chi connectivity index (χ2n) is 8.00. The molecule has 1 fully saturated rings. The Bertz CT molecular complexity index is 1130. The van der Waals surface area contributed by atoms with Crippen molar-refractivity contribution in [3.63, 3.8) is 0 Å². The summed E-state index contributed by atoms with van der Waals surface area (Å²) in [6, 6.07) is 9.37. The Kier molecular flexibility index (Phi) is 8.45. The van der Waals surface area contributed by atoms with E-state index in [1.807, 2.05) is 0 Å². The average Bonchev–Trinajstić information content (AvgIpc) is 3.05. The van der Waals surface area contributed by atoms with Crippen molar-refractivity contribution < 1.29 is 33.0 Å². The fourth-order valence-electron chi connectivity index (χ4n) is 3.34. The highest BCUT2D eigenvalue weighted by molar-refractivity contribution is 7.52. The third-order valence-electron chi connectivity index (χ3n) is 4.97. The van der Waals surface area contributed by atoms with Crippen LogP contribution in [0.25, 0.3) is 0 Å². The lowest BCUT2D eigenvalue weighted by molar-refractivity contribution is -0.146. The zero-order chi connectivity index (χ0) is 24.9. The molecule has 0 saturated carbocycles. The Morgan fingerprint density at radius 3 is 2.62 bits per heavy atom. The average molecular weight is 497 g/mol. The first-order valence-electron chi connectivity index (χ1n) is 10.7. The summed E-state index contributed by atoms with van der Waals surface area (Å²) in [7, 11) is -4.10. The molecule has 1 aliphatic rings. The molecule has 2 aromatic rings. The molecule has 13 heteroatoms. The number of H-pyrrole nitrogens is 1. The van der Waals surface area contributed by atoms with E-state index >= 15 is 0 Å². The van der Waals surface area contributed by atoms with Gasteiger partial charge in [0, 0.05) is 18.2 Å². The van der Waals surface area contributed by atoms with Crippen molar-refractivity contribution in [2.75, 3.05) is 13.2 Å². The maximum absolute atomic E-state index is 13.4. The minimum atomic E-state index is -4.10. The van der Waals surface area contributed by atoms with Crippen LogP contribution in [0.1, 0.15) is 27.0 Å². The Hall–Kier alpha value is -2.76. The van der Waals surface area contributed by atoms with E-state index in [2.05, 4.69) is 10.1 Å². The van der Waals surface area contributed by atoms with Crippen LogP contribution in [0.15, 0.2) is 52.2 Å². The number of carbonyl (C=O) groups is 1. The Labute approximate surface area is 195 Å². The summed E-state index contributed by atoms with van der Waals surface area (Å²) in [6.45, 7) is 4.20. The maximum atomic E-state index is 13.4. The van der Waals surface area contributed by atoms with Crippen molar-refractivity contribution >= 4 is 13.7 Å². The van der Waals surface area contributed by atoms with Gasteiger partial charge in [-0.25, -0.2) is 14.4 Å². The standard InChI is InChI=1S/C21H28N3O9P/c1-13(2)31-18(26)11-22-34(29,33-15-7-5-4-6-8-15)30-12-16-19(27)14(3)20(32-16)24-10-9-17(25)23-21(24)28/h4-10,13-14,16,19-20,27H,11-12H2,1-3H3,(H,22,29)(H,23,25,28)/t14-,16+,19-,20+,34?/m0/s1. The van der Waals surface area contributed by atoms with Gasteiger partial charge in [0.25, 0.3) is 5.56 Å². The van der Waals surface area contributed by atoms with E-state index in [1.54, 1.807) is 51.1 Å². The van der Waals surface area contributed by atoms with Crippen molar-refractivity contribution in [1.29, 1.82) is 0 Å². The van der Waals surface area contributed by atoms with Crippen LogP contribution in [0.5, 0.6) is 5.75 Å². The van der Waals surface area contributed by atoms with Crippen molar-refractivity contribution in [3.8, 4) is 5.75 Å². The molecule has 1 aromatic carbocycles. The van der Waals surface area contributed by atoms with Gasteiger partial charge in [-0.1, -0.05) is 25.1 Å². The number of aliphatic hydroxyl groups is 1. The third kappa shape index (κ3) is 6.64. The predicted octanol–water partition coefficient (Wildman–Crippen LogP) is 1.18. The number of ether oxygens (including phenoxy) is 2. The molecule has 1 aromatic heterocycles. The van der Waals surface area contributed by atoms with Crippen LogP contribution in [0, 0.1) is 5.92 Å². The molecule has 1 aliphatic heterocycles. The number of aromatic amines is 1. The molecule has 1 unspecified atom stereocenters. The number of aliphatic hydroxyl groups excluding tert-OH is 1. The monoisotopic (exact) mass is 497 g/mol. The molecule has 1 saturated heterocycles. The summed E-state index contributed by atoms with van der Waals surface area (Å²) < 4.78 is 36.3. The molecular weight excluding hydrogens is 469 g/mol. The van der Waals surface area contributed by atoms with Gasteiger partial charge < -0.3 is 19.1 Å². The molecule has 34 heavy (non-hydrogen) atoms. The maximum Gasteiger partial charge on any atom is 0.459 e. The largest absolute Gasteiger partial charge is 0.462 e. The number of rotatable bonds is 10. The van der Waals surface area contributed by atoms with Crippen LogP contribution >= 0.6 is 7.75 Å². The van der Waals surface area contributed by atoms with Crippen molar-refractivity contribution in [3.05, 3.63) is 63.4 Å². The second kappa shape index (κ2) is 11.1. The highest BCUT2D eigenvalue weighted by Crippen LogP contribution is 2.45. The van der Waals surface area contributed by atoms with Gasteiger partial charge in [0.1, 0.15) is 24.6 Å². The van der Waals surface area contributed by atoms with Gasteiger partial charge in [0.2, 0.25) is 0 Å². The summed E-state index contributed by atoms with van der Waals surface area (Å²) in [4.78, 5) is 37.5. The number of aromatic nitrogens is 2. The second-order valence-corrected chi connectivity index (χ2v) is 9.76. The highest BCUT2D eigenvalue weighted by Gasteiger charge is 2.43. The lowest BCUT2D eigenvalue weighted by Crippen LogP contribution is -2.33. The molecule has 0 radical (unpaired) electrons. The predicted molar refractivity (Wildman–Crippen MR) is 120 cm³/mol. The highest BCUT2D eigenvalue weighted by atomic mass is 31.2. The Morgan fingerprint density at radius 2 is 1.97 bits per heavy atom. The minimum Gasteiger partial charge on any atom is -0.462 e. The molecule has 12 nitrogen and oxygen atoms in total. The van der Waals surface area contributed by atoms with E-state index in [0.717, 1.165) is 10.6 Å². The van der Waals surface area contributed by atoms with Crippen LogP contribution in [0.2, 0.25) is 0 Å². The molecule has 2 heterocycles. The SMILES string of the molecule is CC(C)OC(=O)CNP(=O)(OC[C@H]1O[C@@H](n2ccc(=O)[nH]c2=O)[C@@H](C)[C@@H]1O)Oc1ccccc1. The van der Waals surface area contributed by atoms with Crippen LogP contribution in [-0.4, -0.2) is 52.1 Å². The number of nitrogens with one attached hydrogen (secondary N) is 2. The van der Waals surface area contributed by atoms with Gasteiger partial charge in [-0.2, -0.15) is 0 Å². The van der Waals surface area contributed by atoms with Crippen LogP contribution in [0.3, 0.4) is 0 Å². The summed E-state index contributed by atoms with van der Waals surface area (Å²) in [5.41, 5.74) is -1.25. The fraction of sp³-hybridized carbons (Fsp3) is 0.476. The smallest absolute Gasteiger partial charge is 0.459 e. The number of benzene rings is 1. The first-order chi connectivity index (χ1) is 16.1. The van der Waals surface area contributed by atoms with Crippen LogP contribution in [-0.2, 0) is 23.4 Å². The summed E-state index contributed by atoms with van der Waals surface area (Å²) >= 11 is 0. The summed E-state index contributed by atoms with van der Waals surface area (Å²) in [5.74, 6) is -0.978. The molecule has 0 spiro atoms. The Morgan fingerprint density at radius 1 is 1.26 bits per heavy atom. The fourth-order valence-corrected chi connectivity index (χ4v) is 4.61. The van der Waals surface area contributed by atoms with Crippen LogP contribution < -0.4 is 20.9 Å². The van der Waals surface area contributed by atoms with Gasteiger partial charge in [-0.15, -0.1) is 0 Å². The minimum absolute atomic E-state index is 0.231. The first-order valence-corrected chi connectivity index (χ1v) is 12.2. The topological polar surface area (TPSA) is 158 Å². The van der Waals surface area contributed by atoms with Gasteiger partial charge in [-0.3, -0.25) is 23.7 Å². The molecule has 0 bridgehead atoms. The van der Waals surface area contributed by atoms with Crippen molar-refractivity contribution in [1.82, 2.24) is 14.6 Å². The lowest BCUT2D eigenvalue weighted by atomic mass is 10.0. The molecule has 0 aliphatic carbocycles. The quantitative estimate of drug-likeness (QED) is 0.321. The molecule has 3 rings (SSSR count). The third-order valence-corrected chi connectivity index (χ3v) is 6.46. The van der Waals surface area contributed by atoms with E-state index < -0.39 is 55.9 Å². The molecule has 5 atom stereocenters. The zero-order valence-electron chi connectivity index (χ0n) is 19.0. The summed E-state index contributed by atoms with van der Waals surface area (Å²) in [6.07, 6.45) is -2.04. The van der Waals surface area contributed by atoms with Crippen molar-refractivity contribution in [2.45, 2.75) is 45.3 Å². The van der Waals surface area contributed by atoms with Gasteiger partial charge in [-0.05, 0) is 26.0 Å². The lowest BCUT2D eigenvalue weighted by Gasteiger charge is -2.22. The molecule has 186 valence electrons. The number of nitrogens with zero attached hydrogens (tertiary/aromatic N) is 1. The van der Waals surface area contributed by atoms with E-state index in [0.29, 0.717) is 0 Å². The number of hydrogen-bond donors (Lipinski definition) is 3. The van der Waals surface area contributed by atoms with Gasteiger partial charge >= 0.3 is 19.4 Å². The van der Waals surface area contributed by atoms with E-state index in [-0.39, 0.29) is 18.5 Å². The Balaban J connectivity index is 1.71. The number of esters is 1. The number of para-hydroxylation sites is 1. The number of hydrogen-bond acceptors (Lipinski definition) is 9. The van der Waals surface area contributed by atoms with Gasteiger partial charge in [0.05, 0.1) is 18.8 Å². The van der Waals surface area contributed by atoms with E-state index in [9.17, 15) is 24.1 Å². The first kappa shape index (κ1) is 25.9. The molecule has 3 N–H and O–H groups in total.